The maximum Gasteiger partial charge on any atom is 0.245 e. The lowest BCUT2D eigenvalue weighted by Crippen LogP contribution is -2.16. The Hall–Kier alpha value is -2.72. The number of H-pyrrole nitrogens is 1. The summed E-state index contributed by atoms with van der Waals surface area (Å²) in [6, 6.07) is 6.23. The van der Waals surface area contributed by atoms with Gasteiger partial charge in [0.05, 0.1) is 30.2 Å². The summed E-state index contributed by atoms with van der Waals surface area (Å²) in [5.41, 5.74) is 1.78. The Morgan fingerprint density at radius 3 is 2.63 bits per heavy atom. The van der Waals surface area contributed by atoms with Gasteiger partial charge in [-0.3, -0.25) is 0 Å². The highest BCUT2D eigenvalue weighted by molar-refractivity contribution is 7.91. The lowest BCUT2D eigenvalue weighted by atomic mass is 9.90. The Kier molecular flexibility index (Phi) is 6.14. The van der Waals surface area contributed by atoms with Crippen LogP contribution in [0.3, 0.4) is 0 Å². The quantitative estimate of drug-likeness (QED) is 0.496. The van der Waals surface area contributed by atoms with Crippen molar-refractivity contribution in [1.82, 2.24) is 19.9 Å². The summed E-state index contributed by atoms with van der Waals surface area (Å²) in [6.45, 7) is 0.200. The van der Waals surface area contributed by atoms with Crippen LogP contribution in [0, 0.1) is 5.92 Å². The fraction of sp³-hybridized carbons (Fsp3) is 0.450. The van der Waals surface area contributed by atoms with Crippen molar-refractivity contribution < 1.29 is 18.3 Å². The third kappa shape index (κ3) is 4.71. The van der Waals surface area contributed by atoms with Gasteiger partial charge in [-0.05, 0) is 43.0 Å². The van der Waals surface area contributed by atoms with E-state index in [0.717, 1.165) is 0 Å². The predicted molar refractivity (Wildman–Crippen MR) is 113 cm³/mol. The number of benzene rings is 1. The zero-order valence-electron chi connectivity index (χ0n) is 16.5. The minimum absolute atomic E-state index is 0.155. The maximum atomic E-state index is 12.0. The van der Waals surface area contributed by atoms with Crippen molar-refractivity contribution in [2.24, 2.45) is 5.92 Å². The van der Waals surface area contributed by atoms with Crippen LogP contribution < -0.4 is 10.1 Å². The highest BCUT2D eigenvalue weighted by atomic mass is 32.2. The number of aromatic amines is 1. The largest absolute Gasteiger partial charge is 0.476 e. The van der Waals surface area contributed by atoms with E-state index >= 15 is 0 Å². The predicted octanol–water partition coefficient (Wildman–Crippen LogP) is 2.82. The smallest absolute Gasteiger partial charge is 0.245 e. The zero-order chi connectivity index (χ0) is 21.0. The fourth-order valence-corrected chi connectivity index (χ4v) is 4.66. The normalized spacial score (nSPS) is 15.4. The molecule has 1 saturated carbocycles. The summed E-state index contributed by atoms with van der Waals surface area (Å²) in [7, 11) is -3.49. The average Bonchev–Trinajstić information content (AvgIpc) is 3.22. The Bertz CT molecular complexity index is 1090. The van der Waals surface area contributed by atoms with Crippen LogP contribution in [0.5, 0.6) is 5.88 Å². The van der Waals surface area contributed by atoms with Gasteiger partial charge < -0.3 is 20.1 Å². The molecule has 0 aliphatic heterocycles. The van der Waals surface area contributed by atoms with Crippen LogP contribution >= 0.6 is 0 Å². The number of sulfone groups is 1. The Balaban J connectivity index is 1.51. The third-order valence-electron chi connectivity index (χ3n) is 5.26. The number of hydrogen-bond donors (Lipinski definition) is 3. The van der Waals surface area contributed by atoms with E-state index in [2.05, 4.69) is 25.3 Å². The van der Waals surface area contributed by atoms with E-state index in [9.17, 15) is 8.42 Å². The van der Waals surface area contributed by atoms with Gasteiger partial charge in [-0.15, -0.1) is 0 Å². The molecule has 0 amide bonds. The first-order chi connectivity index (χ1) is 14.5. The number of rotatable bonds is 8. The molecular weight excluding hydrogens is 406 g/mol. The molecule has 0 spiro atoms. The first kappa shape index (κ1) is 20.5. The van der Waals surface area contributed by atoms with E-state index in [1.165, 1.54) is 44.2 Å². The maximum absolute atomic E-state index is 12.0. The Morgan fingerprint density at radius 2 is 1.90 bits per heavy atom. The molecule has 1 fully saturated rings. The molecule has 1 aromatic carbocycles. The SMILES string of the molecule is O=S(=O)(CCO)c1ccc(Nc2nc(OCC3CCCCC3)c3[nH]cnc3n2)cc1. The van der Waals surface area contributed by atoms with Crippen molar-refractivity contribution in [2.45, 2.75) is 37.0 Å². The fourth-order valence-electron chi connectivity index (χ4n) is 3.63. The van der Waals surface area contributed by atoms with Crippen LogP contribution in [-0.4, -0.2) is 52.4 Å². The van der Waals surface area contributed by atoms with Crippen LogP contribution in [0.2, 0.25) is 0 Å². The highest BCUT2D eigenvalue weighted by Crippen LogP contribution is 2.27. The molecule has 2 heterocycles. The van der Waals surface area contributed by atoms with Crippen LogP contribution in [0.15, 0.2) is 35.5 Å². The van der Waals surface area contributed by atoms with Gasteiger partial charge in [-0.2, -0.15) is 9.97 Å². The van der Waals surface area contributed by atoms with Gasteiger partial charge in [-0.25, -0.2) is 13.4 Å². The first-order valence-corrected chi connectivity index (χ1v) is 11.7. The summed E-state index contributed by atoms with van der Waals surface area (Å²) in [5, 5.41) is 12.0. The molecule has 0 saturated heterocycles. The van der Waals surface area contributed by atoms with E-state index in [4.69, 9.17) is 9.84 Å². The lowest BCUT2D eigenvalue weighted by Gasteiger charge is -2.21. The standard InChI is InChI=1S/C20H25N5O4S/c26-10-11-30(27,28)16-8-6-15(7-9-16)23-20-24-18-17(21-13-22-18)19(25-20)29-12-14-4-2-1-3-5-14/h6-9,13-14,26H,1-5,10-12H2,(H2,21,22,23,24,25). The number of fused-ring (bicyclic) bond motifs is 1. The first-order valence-electron chi connectivity index (χ1n) is 10.1. The number of aromatic nitrogens is 4. The molecule has 4 rings (SSSR count). The molecule has 0 radical (unpaired) electrons. The third-order valence-corrected chi connectivity index (χ3v) is 6.97. The van der Waals surface area contributed by atoms with Crippen molar-refractivity contribution in [1.29, 1.82) is 0 Å². The van der Waals surface area contributed by atoms with Crippen molar-refractivity contribution in [3.05, 3.63) is 30.6 Å². The second-order valence-corrected chi connectivity index (χ2v) is 9.57. The second kappa shape index (κ2) is 8.97. The summed E-state index contributed by atoms with van der Waals surface area (Å²) in [6.07, 6.45) is 7.68. The van der Waals surface area contributed by atoms with E-state index in [1.807, 2.05) is 0 Å². The minimum Gasteiger partial charge on any atom is -0.476 e. The number of aliphatic hydroxyl groups is 1. The molecular formula is C20H25N5O4S. The van der Waals surface area contributed by atoms with Gasteiger partial charge in [0.2, 0.25) is 11.8 Å². The highest BCUT2D eigenvalue weighted by Gasteiger charge is 2.17. The molecule has 3 aromatic rings. The van der Waals surface area contributed by atoms with Crippen molar-refractivity contribution in [3.63, 3.8) is 0 Å². The number of imidazole rings is 1. The Morgan fingerprint density at radius 1 is 1.13 bits per heavy atom. The van der Waals surface area contributed by atoms with Crippen molar-refractivity contribution >= 4 is 32.6 Å². The van der Waals surface area contributed by atoms with Crippen LogP contribution in [0.25, 0.3) is 11.2 Å². The van der Waals surface area contributed by atoms with Crippen LogP contribution in [0.4, 0.5) is 11.6 Å². The summed E-state index contributed by atoms with van der Waals surface area (Å²) < 4.78 is 30.1. The number of nitrogens with zero attached hydrogens (tertiary/aromatic N) is 3. The van der Waals surface area contributed by atoms with Gasteiger partial charge in [0.15, 0.2) is 15.5 Å². The second-order valence-electron chi connectivity index (χ2n) is 7.46. The summed E-state index contributed by atoms with van der Waals surface area (Å²) in [5.74, 6) is 1.00. The van der Waals surface area contributed by atoms with Crippen molar-refractivity contribution in [3.8, 4) is 5.88 Å². The van der Waals surface area contributed by atoms with E-state index in [1.54, 1.807) is 18.5 Å². The number of anilines is 2. The molecule has 3 N–H and O–H groups in total. The monoisotopic (exact) mass is 431 g/mol. The molecule has 30 heavy (non-hydrogen) atoms. The van der Waals surface area contributed by atoms with E-state index in [-0.39, 0.29) is 10.6 Å². The number of aliphatic hydroxyl groups excluding tert-OH is 1. The molecule has 0 atom stereocenters. The van der Waals surface area contributed by atoms with Crippen LogP contribution in [0.1, 0.15) is 32.1 Å². The minimum atomic E-state index is -3.49. The molecule has 0 unspecified atom stereocenters. The zero-order valence-corrected chi connectivity index (χ0v) is 17.4. The van der Waals surface area contributed by atoms with Gasteiger partial charge in [0.25, 0.3) is 0 Å². The number of hydrogen-bond acceptors (Lipinski definition) is 8. The van der Waals surface area contributed by atoms with Gasteiger partial charge in [0.1, 0.15) is 5.52 Å². The average molecular weight is 432 g/mol. The van der Waals surface area contributed by atoms with Crippen molar-refractivity contribution in [2.75, 3.05) is 24.3 Å². The number of ether oxygens (including phenoxy) is 1. The molecule has 0 bridgehead atoms. The molecule has 160 valence electrons. The topological polar surface area (TPSA) is 130 Å². The van der Waals surface area contributed by atoms with Gasteiger partial charge >= 0.3 is 0 Å². The van der Waals surface area contributed by atoms with Crippen LogP contribution in [-0.2, 0) is 9.84 Å². The molecule has 9 nitrogen and oxygen atoms in total. The Labute approximate surface area is 174 Å². The van der Waals surface area contributed by atoms with Gasteiger partial charge in [0, 0.05) is 5.69 Å². The number of nitrogens with one attached hydrogen (secondary N) is 2. The van der Waals surface area contributed by atoms with E-state index < -0.39 is 16.4 Å². The molecule has 1 aliphatic carbocycles. The molecule has 10 heteroatoms. The van der Waals surface area contributed by atoms with E-state index in [0.29, 0.717) is 41.2 Å². The van der Waals surface area contributed by atoms with Gasteiger partial charge in [-0.1, -0.05) is 19.3 Å². The molecule has 2 aromatic heterocycles. The molecule has 1 aliphatic rings. The summed E-state index contributed by atoms with van der Waals surface area (Å²) >= 11 is 0. The lowest BCUT2D eigenvalue weighted by molar-refractivity contribution is 0.205. The summed E-state index contributed by atoms with van der Waals surface area (Å²) in [4.78, 5) is 16.3.